The average Bonchev–Trinajstić information content (AvgIpc) is 2.98. The molecule has 1 heterocycles. The zero-order chi connectivity index (χ0) is 19.1. The number of hydrogen-bond acceptors (Lipinski definition) is 3. The Hall–Kier alpha value is -2.48. The normalized spacial score (nSPS) is 13.0. The van der Waals surface area contributed by atoms with Crippen molar-refractivity contribution in [1.29, 1.82) is 0 Å². The predicted molar refractivity (Wildman–Crippen MR) is 116 cm³/mol. The average molecular weight is 397 g/mol. The minimum atomic E-state index is -0.274. The summed E-state index contributed by atoms with van der Waals surface area (Å²) in [6, 6.07) is 16.1. The molecule has 0 spiro atoms. The van der Waals surface area contributed by atoms with Crippen LogP contribution in [-0.4, -0.2) is 5.91 Å². The molecule has 2 atom stereocenters. The van der Waals surface area contributed by atoms with Crippen LogP contribution in [0.5, 0.6) is 0 Å². The van der Waals surface area contributed by atoms with Gasteiger partial charge < -0.3 is 16.0 Å². The van der Waals surface area contributed by atoms with Crippen LogP contribution < -0.4 is 26.6 Å². The van der Waals surface area contributed by atoms with E-state index >= 15 is 0 Å². The summed E-state index contributed by atoms with van der Waals surface area (Å²) < 4.78 is 13.7. The van der Waals surface area contributed by atoms with E-state index in [4.69, 9.17) is 5.73 Å². The fraction of sp³-hybridized carbons (Fsp3) is 0.0500. The first-order chi connectivity index (χ1) is 12.9. The number of amides is 1. The van der Waals surface area contributed by atoms with E-state index in [1.165, 1.54) is 6.07 Å². The van der Waals surface area contributed by atoms with Gasteiger partial charge in [0.05, 0.1) is 6.54 Å². The number of carbonyl (C=O) groups is 1. The maximum Gasteiger partial charge on any atom is 0.258 e. The first-order valence-electron chi connectivity index (χ1n) is 8.35. The fourth-order valence-corrected chi connectivity index (χ4v) is 3.73. The molecular weight excluding hydrogens is 379 g/mol. The van der Waals surface area contributed by atoms with Gasteiger partial charge in [-0.1, -0.05) is 6.07 Å². The Kier molecular flexibility index (Phi) is 4.59. The van der Waals surface area contributed by atoms with Crippen molar-refractivity contribution in [3.63, 3.8) is 0 Å². The molecule has 0 radical (unpaired) electrons. The Morgan fingerprint density at radius 2 is 1.85 bits per heavy atom. The standard InChI is InChI=1S/C20H18FN3OP2/c21-16-6-7-17(19(27)18(16)26)23-13-2-1-3-14(9-13)24-10-11-8-12(22)4-5-15(11)20(24)25/h1-9,23H,10,22,26-27H2. The quantitative estimate of drug-likeness (QED) is 0.527. The van der Waals surface area contributed by atoms with Gasteiger partial charge in [-0.25, -0.2) is 4.39 Å². The molecule has 2 unspecified atom stereocenters. The van der Waals surface area contributed by atoms with E-state index in [0.29, 0.717) is 23.1 Å². The summed E-state index contributed by atoms with van der Waals surface area (Å²) in [5.41, 5.74) is 10.5. The van der Waals surface area contributed by atoms with Crippen LogP contribution in [0.1, 0.15) is 15.9 Å². The van der Waals surface area contributed by atoms with Gasteiger partial charge in [-0.05, 0) is 54.1 Å². The summed E-state index contributed by atoms with van der Waals surface area (Å²) >= 11 is 0. The smallest absolute Gasteiger partial charge is 0.258 e. The topological polar surface area (TPSA) is 58.4 Å². The molecule has 136 valence electrons. The summed E-state index contributed by atoms with van der Waals surface area (Å²) in [6.45, 7) is 0.490. The maximum atomic E-state index is 13.7. The second kappa shape index (κ2) is 6.92. The van der Waals surface area contributed by atoms with E-state index in [2.05, 4.69) is 23.8 Å². The number of nitrogen functional groups attached to an aromatic ring is 1. The number of fused-ring (bicyclic) bond motifs is 1. The minimum absolute atomic E-state index is 0.0390. The maximum absolute atomic E-state index is 13.7. The molecule has 1 aliphatic rings. The van der Waals surface area contributed by atoms with Crippen molar-refractivity contribution < 1.29 is 9.18 Å². The molecule has 0 fully saturated rings. The highest BCUT2D eigenvalue weighted by molar-refractivity contribution is 7.36. The Morgan fingerprint density at radius 1 is 1.04 bits per heavy atom. The van der Waals surface area contributed by atoms with E-state index in [1.807, 2.05) is 30.3 Å². The molecule has 0 aromatic heterocycles. The highest BCUT2D eigenvalue weighted by atomic mass is 31.0. The van der Waals surface area contributed by atoms with Gasteiger partial charge in [0, 0.05) is 38.9 Å². The molecule has 7 heteroatoms. The number of anilines is 4. The molecule has 1 aliphatic heterocycles. The summed E-state index contributed by atoms with van der Waals surface area (Å²) in [6.07, 6.45) is 0. The van der Waals surface area contributed by atoms with Crippen LogP contribution in [0.3, 0.4) is 0 Å². The summed E-state index contributed by atoms with van der Waals surface area (Å²) in [7, 11) is 4.96. The predicted octanol–water partition coefficient (Wildman–Crippen LogP) is 3.31. The first-order valence-corrected chi connectivity index (χ1v) is 9.50. The van der Waals surface area contributed by atoms with Gasteiger partial charge in [0.1, 0.15) is 5.82 Å². The van der Waals surface area contributed by atoms with Gasteiger partial charge in [0.15, 0.2) is 0 Å². The van der Waals surface area contributed by atoms with Crippen molar-refractivity contribution >= 4 is 57.7 Å². The van der Waals surface area contributed by atoms with Crippen LogP contribution in [0.25, 0.3) is 0 Å². The molecular formula is C20H18FN3OP2. The SMILES string of the molecule is Nc1ccc2c(c1)CN(c1cccc(Nc3ccc(F)c(P)c3P)c1)C2=O. The van der Waals surface area contributed by atoms with E-state index in [9.17, 15) is 9.18 Å². The second-order valence-corrected chi connectivity index (χ2v) is 7.56. The Balaban J connectivity index is 1.63. The molecule has 3 aromatic carbocycles. The number of hydrogen-bond donors (Lipinski definition) is 2. The zero-order valence-electron chi connectivity index (χ0n) is 14.4. The van der Waals surface area contributed by atoms with Crippen molar-refractivity contribution in [3.8, 4) is 0 Å². The Morgan fingerprint density at radius 3 is 2.67 bits per heavy atom. The summed E-state index contributed by atoms with van der Waals surface area (Å²) in [4.78, 5) is 14.5. The highest BCUT2D eigenvalue weighted by Gasteiger charge is 2.28. The molecule has 0 saturated heterocycles. The number of rotatable bonds is 3. The molecule has 0 aliphatic carbocycles. The van der Waals surface area contributed by atoms with Crippen LogP contribution in [0.4, 0.5) is 27.1 Å². The highest BCUT2D eigenvalue weighted by Crippen LogP contribution is 2.31. The van der Waals surface area contributed by atoms with E-state index in [0.717, 1.165) is 27.9 Å². The number of benzene rings is 3. The zero-order valence-corrected chi connectivity index (χ0v) is 16.7. The molecule has 1 amide bonds. The van der Waals surface area contributed by atoms with E-state index in [1.54, 1.807) is 23.1 Å². The van der Waals surface area contributed by atoms with Crippen molar-refractivity contribution in [2.24, 2.45) is 0 Å². The molecule has 0 bridgehead atoms. The van der Waals surface area contributed by atoms with Crippen molar-refractivity contribution in [1.82, 2.24) is 0 Å². The van der Waals surface area contributed by atoms with Gasteiger partial charge in [0.2, 0.25) is 0 Å². The lowest BCUT2D eigenvalue weighted by Crippen LogP contribution is -2.23. The lowest BCUT2D eigenvalue weighted by Gasteiger charge is -2.18. The van der Waals surface area contributed by atoms with Gasteiger partial charge >= 0.3 is 0 Å². The summed E-state index contributed by atoms with van der Waals surface area (Å²) in [5, 5.41) is 4.54. The molecule has 0 saturated carbocycles. The van der Waals surface area contributed by atoms with Gasteiger partial charge in [-0.3, -0.25) is 4.79 Å². The lowest BCUT2D eigenvalue weighted by atomic mass is 10.1. The number of nitrogens with two attached hydrogens (primary N) is 1. The number of carbonyl (C=O) groups excluding carboxylic acids is 1. The molecule has 3 N–H and O–H groups in total. The first kappa shape index (κ1) is 17.9. The van der Waals surface area contributed by atoms with E-state index in [-0.39, 0.29) is 11.7 Å². The number of nitrogens with zero attached hydrogens (tertiary/aromatic N) is 1. The Bertz CT molecular complexity index is 1070. The number of nitrogens with one attached hydrogen (secondary N) is 1. The minimum Gasteiger partial charge on any atom is -0.399 e. The van der Waals surface area contributed by atoms with Gasteiger partial charge in [-0.2, -0.15) is 0 Å². The van der Waals surface area contributed by atoms with Crippen LogP contribution in [0.2, 0.25) is 0 Å². The largest absolute Gasteiger partial charge is 0.399 e. The van der Waals surface area contributed by atoms with Crippen LogP contribution in [0, 0.1) is 5.82 Å². The second-order valence-electron chi connectivity index (χ2n) is 6.41. The summed E-state index contributed by atoms with van der Waals surface area (Å²) in [5.74, 6) is -0.313. The fourth-order valence-electron chi connectivity index (χ4n) is 3.18. The Labute approximate surface area is 161 Å². The third-order valence-electron chi connectivity index (χ3n) is 4.60. The van der Waals surface area contributed by atoms with Crippen molar-refractivity contribution in [3.05, 3.63) is 71.5 Å². The van der Waals surface area contributed by atoms with Crippen molar-refractivity contribution in [2.45, 2.75) is 6.54 Å². The van der Waals surface area contributed by atoms with Crippen LogP contribution in [-0.2, 0) is 6.54 Å². The van der Waals surface area contributed by atoms with Crippen LogP contribution >= 0.6 is 18.5 Å². The molecule has 4 nitrogen and oxygen atoms in total. The third-order valence-corrected chi connectivity index (χ3v) is 6.15. The van der Waals surface area contributed by atoms with Crippen LogP contribution in [0.15, 0.2) is 54.6 Å². The third kappa shape index (κ3) is 3.29. The molecule has 3 aromatic rings. The van der Waals surface area contributed by atoms with Gasteiger partial charge in [-0.15, -0.1) is 18.5 Å². The molecule has 4 rings (SSSR count). The molecule has 27 heavy (non-hydrogen) atoms. The van der Waals surface area contributed by atoms with Crippen molar-refractivity contribution in [2.75, 3.05) is 16.0 Å². The number of halogens is 1. The monoisotopic (exact) mass is 397 g/mol. The lowest BCUT2D eigenvalue weighted by molar-refractivity contribution is 0.0996. The van der Waals surface area contributed by atoms with Gasteiger partial charge in [0.25, 0.3) is 5.91 Å². The van der Waals surface area contributed by atoms with E-state index < -0.39 is 0 Å².